The second-order valence-corrected chi connectivity index (χ2v) is 7.69. The number of pyridine rings is 2. The summed E-state index contributed by atoms with van der Waals surface area (Å²) in [5.74, 6) is 1.30. The summed E-state index contributed by atoms with van der Waals surface area (Å²) in [4.78, 5) is 22.4. The molecule has 1 aliphatic heterocycles. The molecule has 3 heterocycles. The van der Waals surface area contributed by atoms with Gasteiger partial charge in [-0.3, -0.25) is 0 Å². The van der Waals surface area contributed by atoms with Gasteiger partial charge in [0, 0.05) is 38.1 Å². The highest BCUT2D eigenvalue weighted by Gasteiger charge is 2.34. The Morgan fingerprint density at radius 2 is 1.96 bits per heavy atom. The van der Waals surface area contributed by atoms with Crippen LogP contribution in [0.1, 0.15) is 20.8 Å². The first kappa shape index (κ1) is 19.7. The third kappa shape index (κ3) is 4.62. The van der Waals surface area contributed by atoms with Crippen molar-refractivity contribution in [1.29, 1.82) is 0 Å². The first-order valence-electron chi connectivity index (χ1n) is 9.21. The minimum atomic E-state index is -0.492. The van der Waals surface area contributed by atoms with E-state index in [-0.39, 0.29) is 12.1 Å². The second-order valence-electron chi connectivity index (χ2n) is 7.69. The Bertz CT molecular complexity index is 844. The number of carbonyl (C=O) groups excluding carboxylic acids is 1. The van der Waals surface area contributed by atoms with Gasteiger partial charge in [-0.05, 0) is 44.5 Å². The van der Waals surface area contributed by atoms with E-state index in [4.69, 9.17) is 9.47 Å². The SMILES string of the molecule is CNc1cc(-c2cnc(OC)c(NC3CN(C(=O)OC(C)(C)C)C3)c2)ccn1. The predicted octanol–water partition coefficient (Wildman–Crippen LogP) is 3.23. The first-order valence-corrected chi connectivity index (χ1v) is 9.21. The highest BCUT2D eigenvalue weighted by Crippen LogP contribution is 2.30. The Labute approximate surface area is 165 Å². The summed E-state index contributed by atoms with van der Waals surface area (Å²) in [7, 11) is 3.42. The number of nitrogens with one attached hydrogen (secondary N) is 2. The molecule has 0 radical (unpaired) electrons. The zero-order chi connectivity index (χ0) is 20.3. The first-order chi connectivity index (χ1) is 13.3. The second kappa shape index (κ2) is 7.92. The molecule has 1 saturated heterocycles. The van der Waals surface area contributed by atoms with Crippen molar-refractivity contribution in [3.63, 3.8) is 0 Å². The molecule has 1 amide bonds. The smallest absolute Gasteiger partial charge is 0.410 e. The Morgan fingerprint density at radius 1 is 1.21 bits per heavy atom. The fourth-order valence-electron chi connectivity index (χ4n) is 2.89. The van der Waals surface area contributed by atoms with Gasteiger partial charge < -0.3 is 25.0 Å². The molecule has 2 aromatic rings. The Morgan fingerprint density at radius 3 is 2.61 bits per heavy atom. The van der Waals surface area contributed by atoms with Gasteiger partial charge in [-0.1, -0.05) is 0 Å². The van der Waals surface area contributed by atoms with Gasteiger partial charge in [0.25, 0.3) is 0 Å². The van der Waals surface area contributed by atoms with E-state index < -0.39 is 5.60 Å². The predicted molar refractivity (Wildman–Crippen MR) is 109 cm³/mol. The van der Waals surface area contributed by atoms with E-state index in [9.17, 15) is 4.79 Å². The van der Waals surface area contributed by atoms with Gasteiger partial charge in [0.2, 0.25) is 5.88 Å². The summed E-state index contributed by atoms with van der Waals surface area (Å²) < 4.78 is 10.8. The van der Waals surface area contributed by atoms with Crippen molar-refractivity contribution in [3.05, 3.63) is 30.6 Å². The van der Waals surface area contributed by atoms with Crippen LogP contribution in [0.15, 0.2) is 30.6 Å². The topological polar surface area (TPSA) is 88.6 Å². The number of carbonyl (C=O) groups is 1. The molecule has 1 aliphatic rings. The lowest BCUT2D eigenvalue weighted by atomic mass is 10.1. The highest BCUT2D eigenvalue weighted by atomic mass is 16.6. The minimum Gasteiger partial charge on any atom is -0.480 e. The van der Waals surface area contributed by atoms with Crippen molar-refractivity contribution in [2.45, 2.75) is 32.4 Å². The molecule has 0 bridgehead atoms. The summed E-state index contributed by atoms with van der Waals surface area (Å²) in [6, 6.07) is 6.00. The molecule has 1 fully saturated rings. The van der Waals surface area contributed by atoms with Crippen LogP contribution in [-0.2, 0) is 4.74 Å². The molecule has 0 spiro atoms. The maximum Gasteiger partial charge on any atom is 0.410 e. The van der Waals surface area contributed by atoms with Gasteiger partial charge in [0.15, 0.2) is 0 Å². The lowest BCUT2D eigenvalue weighted by molar-refractivity contribution is 0.0105. The molecule has 2 aromatic heterocycles. The number of rotatable bonds is 5. The highest BCUT2D eigenvalue weighted by molar-refractivity contribution is 5.72. The number of nitrogens with zero attached hydrogens (tertiary/aromatic N) is 3. The van der Waals surface area contributed by atoms with Crippen LogP contribution in [-0.4, -0.2) is 59.9 Å². The molecular weight excluding hydrogens is 358 g/mol. The number of amides is 1. The van der Waals surface area contributed by atoms with Crippen molar-refractivity contribution in [1.82, 2.24) is 14.9 Å². The molecule has 0 saturated carbocycles. The number of methoxy groups -OCH3 is 1. The normalized spacial score (nSPS) is 14.2. The van der Waals surface area contributed by atoms with E-state index in [0.29, 0.717) is 19.0 Å². The van der Waals surface area contributed by atoms with Gasteiger partial charge >= 0.3 is 6.09 Å². The summed E-state index contributed by atoms with van der Waals surface area (Å²) in [5.41, 5.74) is 2.25. The molecule has 0 atom stereocenters. The molecule has 0 unspecified atom stereocenters. The molecule has 8 nitrogen and oxygen atoms in total. The average Bonchev–Trinajstić information content (AvgIpc) is 2.62. The lowest BCUT2D eigenvalue weighted by Crippen LogP contribution is -2.57. The fraction of sp³-hybridized carbons (Fsp3) is 0.450. The molecule has 2 N–H and O–H groups in total. The largest absolute Gasteiger partial charge is 0.480 e. The monoisotopic (exact) mass is 385 g/mol. The Balaban J connectivity index is 1.69. The zero-order valence-corrected chi connectivity index (χ0v) is 16.9. The van der Waals surface area contributed by atoms with Crippen LogP contribution in [0.4, 0.5) is 16.3 Å². The van der Waals surface area contributed by atoms with Crippen molar-refractivity contribution in [2.24, 2.45) is 0 Å². The third-order valence-electron chi connectivity index (χ3n) is 4.29. The van der Waals surface area contributed by atoms with Crippen LogP contribution in [0.2, 0.25) is 0 Å². The number of anilines is 2. The lowest BCUT2D eigenvalue weighted by Gasteiger charge is -2.40. The number of hydrogen-bond donors (Lipinski definition) is 2. The van der Waals surface area contributed by atoms with E-state index in [2.05, 4.69) is 20.6 Å². The number of ether oxygens (including phenoxy) is 2. The van der Waals surface area contributed by atoms with E-state index in [1.54, 1.807) is 24.4 Å². The zero-order valence-electron chi connectivity index (χ0n) is 16.9. The summed E-state index contributed by atoms with van der Waals surface area (Å²) >= 11 is 0. The van der Waals surface area contributed by atoms with Crippen LogP contribution in [0.5, 0.6) is 5.88 Å². The maximum atomic E-state index is 12.1. The van der Waals surface area contributed by atoms with Gasteiger partial charge in [0.1, 0.15) is 11.4 Å². The van der Waals surface area contributed by atoms with Crippen molar-refractivity contribution in [3.8, 4) is 17.0 Å². The van der Waals surface area contributed by atoms with Crippen molar-refractivity contribution in [2.75, 3.05) is 37.9 Å². The van der Waals surface area contributed by atoms with Gasteiger partial charge in [-0.25, -0.2) is 14.8 Å². The molecule has 28 heavy (non-hydrogen) atoms. The Kier molecular flexibility index (Phi) is 5.58. The van der Waals surface area contributed by atoms with Crippen molar-refractivity contribution >= 4 is 17.6 Å². The molecule has 8 heteroatoms. The van der Waals surface area contributed by atoms with E-state index >= 15 is 0 Å². The molecule has 0 aliphatic carbocycles. The van der Waals surface area contributed by atoms with E-state index in [0.717, 1.165) is 22.6 Å². The van der Waals surface area contributed by atoms with Crippen LogP contribution in [0, 0.1) is 0 Å². The van der Waals surface area contributed by atoms with Gasteiger partial charge in [-0.15, -0.1) is 0 Å². The number of hydrogen-bond acceptors (Lipinski definition) is 7. The average molecular weight is 385 g/mol. The molecule has 3 rings (SSSR count). The summed E-state index contributed by atoms with van der Waals surface area (Å²) in [5, 5.41) is 6.45. The van der Waals surface area contributed by atoms with E-state index in [1.807, 2.05) is 46.0 Å². The van der Waals surface area contributed by atoms with Crippen LogP contribution in [0.25, 0.3) is 11.1 Å². The van der Waals surface area contributed by atoms with E-state index in [1.165, 1.54) is 0 Å². The summed E-state index contributed by atoms with van der Waals surface area (Å²) in [6.45, 7) is 6.73. The standard InChI is InChI=1S/C20H27N5O3/c1-20(2,3)28-19(26)25-11-15(12-25)24-16-8-14(10-23-18(16)27-5)13-6-7-22-17(9-13)21-4/h6-10,15,24H,11-12H2,1-5H3,(H,21,22). The Hall–Kier alpha value is -3.03. The molecule has 0 aromatic carbocycles. The number of likely N-dealkylation sites (tertiary alicyclic amines) is 1. The van der Waals surface area contributed by atoms with Gasteiger partial charge in [-0.2, -0.15) is 0 Å². The van der Waals surface area contributed by atoms with Crippen LogP contribution >= 0.6 is 0 Å². The number of aromatic nitrogens is 2. The maximum absolute atomic E-state index is 12.1. The minimum absolute atomic E-state index is 0.115. The van der Waals surface area contributed by atoms with Crippen molar-refractivity contribution < 1.29 is 14.3 Å². The van der Waals surface area contributed by atoms with Crippen LogP contribution in [0.3, 0.4) is 0 Å². The molecule has 150 valence electrons. The van der Waals surface area contributed by atoms with Gasteiger partial charge in [0.05, 0.1) is 18.8 Å². The third-order valence-corrected chi connectivity index (χ3v) is 4.29. The quantitative estimate of drug-likeness (QED) is 0.817. The summed E-state index contributed by atoms with van der Waals surface area (Å²) in [6.07, 6.45) is 3.23. The fourth-order valence-corrected chi connectivity index (χ4v) is 2.89. The van der Waals surface area contributed by atoms with Crippen LogP contribution < -0.4 is 15.4 Å². The molecular formula is C20H27N5O3.